The fourth-order valence-electron chi connectivity index (χ4n) is 3.35. The van der Waals surface area contributed by atoms with Gasteiger partial charge in [-0.1, -0.05) is 30.3 Å². The van der Waals surface area contributed by atoms with E-state index < -0.39 is 35.8 Å². The van der Waals surface area contributed by atoms with E-state index in [0.717, 1.165) is 0 Å². The lowest BCUT2D eigenvalue weighted by Gasteiger charge is -2.22. The molecule has 2 aromatic rings. The maximum absolute atomic E-state index is 12.8. The Morgan fingerprint density at radius 3 is 2.15 bits per heavy atom. The van der Waals surface area contributed by atoms with Crippen LogP contribution in [0.15, 0.2) is 42.5 Å². The van der Waals surface area contributed by atoms with Crippen LogP contribution in [0.2, 0.25) is 0 Å². The molecule has 1 fully saturated rings. The van der Waals surface area contributed by atoms with E-state index in [0.29, 0.717) is 16.3 Å². The van der Waals surface area contributed by atoms with Crippen LogP contribution in [0.1, 0.15) is 22.8 Å². The molecule has 1 aliphatic heterocycles. The minimum Gasteiger partial charge on any atom is -0.493 e. The number of hydrazine groups is 1. The molecule has 1 unspecified atom stereocenters. The lowest BCUT2D eigenvalue weighted by atomic mass is 9.92. The SMILES string of the molecule is COc1cc(C(=O)NCC(=O)NN2C(=O)NC(C)(c3ccccc3)C2=O)cc(OC)c1OC. The predicted octanol–water partition coefficient (Wildman–Crippen LogP) is 0.941. The number of hydrogen-bond donors (Lipinski definition) is 3. The number of rotatable bonds is 8. The smallest absolute Gasteiger partial charge is 0.344 e. The van der Waals surface area contributed by atoms with Gasteiger partial charge in [-0.3, -0.25) is 19.8 Å². The van der Waals surface area contributed by atoms with Crippen LogP contribution in [0.4, 0.5) is 4.79 Å². The Kier molecular flexibility index (Phi) is 6.71. The number of carbonyl (C=O) groups excluding carboxylic acids is 4. The van der Waals surface area contributed by atoms with Gasteiger partial charge in [-0.05, 0) is 24.6 Å². The Labute approximate surface area is 189 Å². The monoisotopic (exact) mass is 456 g/mol. The first-order valence-corrected chi connectivity index (χ1v) is 9.85. The van der Waals surface area contributed by atoms with E-state index in [9.17, 15) is 19.2 Å². The third-order valence-corrected chi connectivity index (χ3v) is 5.11. The maximum Gasteiger partial charge on any atom is 0.344 e. The number of carbonyl (C=O) groups is 4. The molecule has 2 aromatic carbocycles. The first-order chi connectivity index (χ1) is 15.7. The molecule has 3 rings (SSSR count). The molecule has 0 spiro atoms. The molecule has 11 heteroatoms. The van der Waals surface area contributed by atoms with Gasteiger partial charge >= 0.3 is 6.03 Å². The van der Waals surface area contributed by atoms with Gasteiger partial charge in [-0.2, -0.15) is 5.01 Å². The van der Waals surface area contributed by atoms with Crippen LogP contribution in [-0.4, -0.2) is 56.6 Å². The third kappa shape index (κ3) is 4.52. The largest absolute Gasteiger partial charge is 0.493 e. The molecule has 3 N–H and O–H groups in total. The summed E-state index contributed by atoms with van der Waals surface area (Å²) < 4.78 is 15.6. The Bertz CT molecular complexity index is 1060. The van der Waals surface area contributed by atoms with Gasteiger partial charge in [0.05, 0.1) is 27.9 Å². The zero-order valence-electron chi connectivity index (χ0n) is 18.6. The van der Waals surface area contributed by atoms with Crippen molar-refractivity contribution < 1.29 is 33.4 Å². The van der Waals surface area contributed by atoms with E-state index in [-0.39, 0.29) is 17.1 Å². The highest BCUT2D eigenvalue weighted by Crippen LogP contribution is 2.38. The van der Waals surface area contributed by atoms with Crippen molar-refractivity contribution in [1.82, 2.24) is 21.1 Å². The lowest BCUT2D eigenvalue weighted by molar-refractivity contribution is -0.138. The minimum atomic E-state index is -1.33. The highest BCUT2D eigenvalue weighted by molar-refractivity contribution is 6.08. The predicted molar refractivity (Wildman–Crippen MR) is 116 cm³/mol. The number of urea groups is 1. The van der Waals surface area contributed by atoms with Gasteiger partial charge in [-0.25, -0.2) is 4.79 Å². The number of imide groups is 1. The molecule has 0 bridgehead atoms. The average Bonchev–Trinajstić information content (AvgIpc) is 3.05. The van der Waals surface area contributed by atoms with E-state index in [2.05, 4.69) is 16.1 Å². The van der Waals surface area contributed by atoms with Gasteiger partial charge in [0.25, 0.3) is 17.7 Å². The van der Waals surface area contributed by atoms with Crippen LogP contribution in [0, 0.1) is 0 Å². The summed E-state index contributed by atoms with van der Waals surface area (Å²) in [5.41, 5.74) is 1.62. The van der Waals surface area contributed by atoms with Crippen molar-refractivity contribution in [2.45, 2.75) is 12.5 Å². The summed E-state index contributed by atoms with van der Waals surface area (Å²) in [7, 11) is 4.25. The maximum atomic E-state index is 12.8. The lowest BCUT2D eigenvalue weighted by Crippen LogP contribution is -2.50. The van der Waals surface area contributed by atoms with E-state index in [1.807, 2.05) is 0 Å². The Morgan fingerprint density at radius 2 is 1.61 bits per heavy atom. The Hall–Kier alpha value is -4.28. The number of benzene rings is 2. The van der Waals surface area contributed by atoms with Crippen molar-refractivity contribution in [3.05, 3.63) is 53.6 Å². The quantitative estimate of drug-likeness (QED) is 0.503. The minimum absolute atomic E-state index is 0.156. The van der Waals surface area contributed by atoms with E-state index in [4.69, 9.17) is 14.2 Å². The summed E-state index contributed by atoms with van der Waals surface area (Å²) in [5.74, 6) is -1.17. The van der Waals surface area contributed by atoms with E-state index in [1.165, 1.54) is 33.5 Å². The van der Waals surface area contributed by atoms with Crippen molar-refractivity contribution >= 4 is 23.8 Å². The van der Waals surface area contributed by atoms with Gasteiger partial charge < -0.3 is 24.8 Å². The van der Waals surface area contributed by atoms with Crippen LogP contribution >= 0.6 is 0 Å². The first-order valence-electron chi connectivity index (χ1n) is 9.85. The second-order valence-corrected chi connectivity index (χ2v) is 7.19. The van der Waals surface area contributed by atoms with Crippen molar-refractivity contribution in [2.75, 3.05) is 27.9 Å². The third-order valence-electron chi connectivity index (χ3n) is 5.11. The standard InChI is InChI=1S/C22H24N4O7/c1-22(14-8-6-5-7-9-14)20(29)26(21(30)24-22)25-17(27)12-23-19(28)13-10-15(31-2)18(33-4)16(11-13)32-3/h5-11H,12H2,1-4H3,(H,23,28)(H,24,30)(H,25,27). The highest BCUT2D eigenvalue weighted by atomic mass is 16.5. The molecular formula is C22H24N4O7. The molecule has 0 radical (unpaired) electrons. The summed E-state index contributed by atoms with van der Waals surface area (Å²) in [4.78, 5) is 50.0. The summed E-state index contributed by atoms with van der Waals surface area (Å²) in [5, 5.41) is 5.59. The summed E-state index contributed by atoms with van der Waals surface area (Å²) in [6.07, 6.45) is 0. The second kappa shape index (κ2) is 9.47. The van der Waals surface area contributed by atoms with Crippen molar-refractivity contribution in [1.29, 1.82) is 0 Å². The molecule has 11 nitrogen and oxygen atoms in total. The molecule has 0 aliphatic carbocycles. The number of ether oxygens (including phenoxy) is 3. The molecule has 174 valence electrons. The number of nitrogens with one attached hydrogen (secondary N) is 3. The molecule has 0 saturated carbocycles. The first kappa shape index (κ1) is 23.4. The molecule has 33 heavy (non-hydrogen) atoms. The molecule has 1 saturated heterocycles. The fourth-order valence-corrected chi connectivity index (χ4v) is 3.35. The summed E-state index contributed by atoms with van der Waals surface area (Å²) in [6, 6.07) is 10.7. The van der Waals surface area contributed by atoms with Crippen LogP contribution in [0.5, 0.6) is 17.2 Å². The molecule has 5 amide bonds. The van der Waals surface area contributed by atoms with E-state index >= 15 is 0 Å². The molecule has 1 aliphatic rings. The average molecular weight is 456 g/mol. The zero-order valence-corrected chi connectivity index (χ0v) is 18.6. The van der Waals surface area contributed by atoms with Gasteiger partial charge in [0.1, 0.15) is 5.54 Å². The fraction of sp³-hybridized carbons (Fsp3) is 0.273. The van der Waals surface area contributed by atoms with Crippen LogP contribution < -0.4 is 30.3 Å². The number of nitrogens with zero attached hydrogens (tertiary/aromatic N) is 1. The molecule has 1 atom stereocenters. The van der Waals surface area contributed by atoms with Crippen LogP contribution in [-0.2, 0) is 15.1 Å². The zero-order chi connectivity index (χ0) is 24.2. The van der Waals surface area contributed by atoms with Crippen LogP contribution in [0.25, 0.3) is 0 Å². The number of amides is 5. The molecule has 0 aromatic heterocycles. The Balaban J connectivity index is 1.65. The van der Waals surface area contributed by atoms with E-state index in [1.54, 1.807) is 37.3 Å². The van der Waals surface area contributed by atoms with Crippen molar-refractivity contribution in [2.24, 2.45) is 0 Å². The topological polar surface area (TPSA) is 135 Å². The van der Waals surface area contributed by atoms with Gasteiger partial charge in [0.15, 0.2) is 11.5 Å². The number of methoxy groups -OCH3 is 3. The number of hydrogen-bond acceptors (Lipinski definition) is 7. The summed E-state index contributed by atoms with van der Waals surface area (Å²) in [6.45, 7) is 1.05. The normalized spacial score (nSPS) is 17.3. The van der Waals surface area contributed by atoms with Crippen LogP contribution in [0.3, 0.4) is 0 Å². The van der Waals surface area contributed by atoms with Crippen molar-refractivity contribution in [3.63, 3.8) is 0 Å². The van der Waals surface area contributed by atoms with Gasteiger partial charge in [-0.15, -0.1) is 0 Å². The summed E-state index contributed by atoms with van der Waals surface area (Å²) >= 11 is 0. The van der Waals surface area contributed by atoms with Gasteiger partial charge in [0, 0.05) is 5.56 Å². The molecular weight excluding hydrogens is 432 g/mol. The highest BCUT2D eigenvalue weighted by Gasteiger charge is 2.49. The molecule has 1 heterocycles. The Morgan fingerprint density at radius 1 is 1.00 bits per heavy atom. The second-order valence-electron chi connectivity index (χ2n) is 7.19. The van der Waals surface area contributed by atoms with Gasteiger partial charge in [0.2, 0.25) is 5.75 Å². The van der Waals surface area contributed by atoms with Crippen molar-refractivity contribution in [3.8, 4) is 17.2 Å².